The molecule has 3 rings (SSSR count). The second kappa shape index (κ2) is 7.28. The Morgan fingerprint density at radius 3 is 2.76 bits per heavy atom. The summed E-state index contributed by atoms with van der Waals surface area (Å²) in [4.78, 5) is 0. The van der Waals surface area contributed by atoms with E-state index in [1.807, 2.05) is 0 Å². The van der Waals surface area contributed by atoms with Crippen molar-refractivity contribution in [2.75, 3.05) is 13.2 Å². The molecule has 1 saturated heterocycles. The topological polar surface area (TPSA) is 30.5 Å². The van der Waals surface area contributed by atoms with Gasteiger partial charge in [-0.05, 0) is 51.5 Å². The molecule has 2 fully saturated rings. The predicted octanol–water partition coefficient (Wildman–Crippen LogP) is 3.84. The first kappa shape index (κ1) is 14.9. The smallest absolute Gasteiger partial charge is 0.124 e. The minimum Gasteiger partial charge on any atom is -0.490 e. The second-order valence-corrected chi connectivity index (χ2v) is 6.33. The van der Waals surface area contributed by atoms with Crippen LogP contribution < -0.4 is 10.1 Å². The van der Waals surface area contributed by atoms with Gasteiger partial charge >= 0.3 is 0 Å². The Hall–Kier alpha value is -1.06. The highest BCUT2D eigenvalue weighted by Gasteiger charge is 2.20. The van der Waals surface area contributed by atoms with Crippen molar-refractivity contribution in [1.82, 2.24) is 5.32 Å². The van der Waals surface area contributed by atoms with E-state index in [-0.39, 0.29) is 0 Å². The quantitative estimate of drug-likeness (QED) is 0.863. The normalized spacial score (nSPS) is 24.3. The second-order valence-electron chi connectivity index (χ2n) is 6.33. The van der Waals surface area contributed by atoms with E-state index in [2.05, 4.69) is 36.5 Å². The number of hydrogen-bond donors (Lipinski definition) is 1. The third kappa shape index (κ3) is 3.98. The zero-order chi connectivity index (χ0) is 14.5. The molecule has 21 heavy (non-hydrogen) atoms. The summed E-state index contributed by atoms with van der Waals surface area (Å²) in [5.41, 5.74) is 1.27. The van der Waals surface area contributed by atoms with Gasteiger partial charge in [-0.3, -0.25) is 0 Å². The fraction of sp³-hybridized carbons (Fsp3) is 0.667. The van der Waals surface area contributed by atoms with E-state index < -0.39 is 0 Å². The van der Waals surface area contributed by atoms with Crippen LogP contribution in [0.15, 0.2) is 24.3 Å². The molecule has 0 radical (unpaired) electrons. The van der Waals surface area contributed by atoms with Gasteiger partial charge in [0.1, 0.15) is 5.75 Å². The molecule has 0 unspecified atom stereocenters. The summed E-state index contributed by atoms with van der Waals surface area (Å²) in [5.74, 6) is 1.05. The van der Waals surface area contributed by atoms with Gasteiger partial charge in [0.05, 0.1) is 12.2 Å². The maximum atomic E-state index is 6.23. The lowest BCUT2D eigenvalue weighted by Gasteiger charge is -2.22. The molecule has 3 nitrogen and oxygen atoms in total. The van der Waals surface area contributed by atoms with Crippen molar-refractivity contribution < 1.29 is 9.47 Å². The SMILES string of the molecule is C[C@H](NC[C@@H]1CCCO1)c1ccccc1OC1CCCC1. The van der Waals surface area contributed by atoms with Crippen LogP contribution in [0.5, 0.6) is 5.75 Å². The highest BCUT2D eigenvalue weighted by Crippen LogP contribution is 2.30. The first-order valence-electron chi connectivity index (χ1n) is 8.43. The lowest BCUT2D eigenvalue weighted by molar-refractivity contribution is 0.107. The third-order valence-electron chi connectivity index (χ3n) is 4.66. The minimum absolute atomic E-state index is 0.298. The van der Waals surface area contributed by atoms with Gasteiger partial charge in [0.15, 0.2) is 0 Å². The summed E-state index contributed by atoms with van der Waals surface area (Å²) in [6, 6.07) is 8.75. The van der Waals surface area contributed by atoms with Crippen LogP contribution in [0, 0.1) is 0 Å². The molecule has 1 aliphatic carbocycles. The van der Waals surface area contributed by atoms with Crippen LogP contribution in [0.3, 0.4) is 0 Å². The summed E-state index contributed by atoms with van der Waals surface area (Å²) >= 11 is 0. The van der Waals surface area contributed by atoms with Crippen LogP contribution in [-0.4, -0.2) is 25.4 Å². The Morgan fingerprint density at radius 1 is 1.19 bits per heavy atom. The molecule has 2 atom stereocenters. The van der Waals surface area contributed by atoms with Crippen LogP contribution in [0.25, 0.3) is 0 Å². The van der Waals surface area contributed by atoms with Crippen LogP contribution in [0.4, 0.5) is 0 Å². The highest BCUT2D eigenvalue weighted by atomic mass is 16.5. The number of ether oxygens (including phenoxy) is 2. The zero-order valence-corrected chi connectivity index (χ0v) is 13.0. The molecule has 0 bridgehead atoms. The molecular weight excluding hydrogens is 262 g/mol. The molecule has 1 aliphatic heterocycles. The Balaban J connectivity index is 1.59. The standard InChI is InChI=1S/C18H27NO2/c1-14(19-13-16-9-6-12-20-16)17-10-4-5-11-18(17)21-15-7-2-3-8-15/h4-5,10-11,14-16,19H,2-3,6-9,12-13H2,1H3/t14-,16-/m0/s1. The maximum absolute atomic E-state index is 6.23. The molecule has 1 N–H and O–H groups in total. The molecule has 0 amide bonds. The monoisotopic (exact) mass is 289 g/mol. The Morgan fingerprint density at radius 2 is 2.00 bits per heavy atom. The van der Waals surface area contributed by atoms with Crippen molar-refractivity contribution in [2.24, 2.45) is 0 Å². The lowest BCUT2D eigenvalue weighted by atomic mass is 10.1. The third-order valence-corrected chi connectivity index (χ3v) is 4.66. The van der Waals surface area contributed by atoms with Crippen LogP contribution in [0.1, 0.15) is 57.1 Å². The molecule has 1 heterocycles. The van der Waals surface area contributed by atoms with Crippen LogP contribution in [-0.2, 0) is 4.74 Å². The number of para-hydroxylation sites is 1. The molecule has 1 aromatic rings. The first-order chi connectivity index (χ1) is 10.3. The van der Waals surface area contributed by atoms with Gasteiger partial charge in [-0.1, -0.05) is 18.2 Å². The summed E-state index contributed by atoms with van der Waals surface area (Å²) < 4.78 is 11.9. The van der Waals surface area contributed by atoms with E-state index >= 15 is 0 Å². The molecular formula is C18H27NO2. The Kier molecular flexibility index (Phi) is 5.15. The molecule has 2 aliphatic rings. The highest BCUT2D eigenvalue weighted by molar-refractivity contribution is 5.35. The van der Waals surface area contributed by atoms with Gasteiger partial charge in [-0.15, -0.1) is 0 Å². The average molecular weight is 289 g/mol. The summed E-state index contributed by atoms with van der Waals surface area (Å²) in [5, 5.41) is 3.60. The number of rotatable bonds is 6. The van der Waals surface area contributed by atoms with Gasteiger partial charge < -0.3 is 14.8 Å². The lowest BCUT2D eigenvalue weighted by Crippen LogP contribution is -2.29. The fourth-order valence-electron chi connectivity index (χ4n) is 3.35. The Bertz CT molecular complexity index is 437. The van der Waals surface area contributed by atoms with Crippen molar-refractivity contribution in [2.45, 2.75) is 63.7 Å². The average Bonchev–Trinajstić information content (AvgIpc) is 3.18. The predicted molar refractivity (Wildman–Crippen MR) is 84.7 cm³/mol. The van der Waals surface area contributed by atoms with Crippen molar-refractivity contribution in [1.29, 1.82) is 0 Å². The Labute approximate surface area is 128 Å². The van der Waals surface area contributed by atoms with E-state index in [9.17, 15) is 0 Å². The van der Waals surface area contributed by atoms with Crippen molar-refractivity contribution >= 4 is 0 Å². The van der Waals surface area contributed by atoms with E-state index in [0.29, 0.717) is 18.2 Å². The van der Waals surface area contributed by atoms with Gasteiger partial charge in [-0.25, -0.2) is 0 Å². The molecule has 116 valence electrons. The molecule has 1 saturated carbocycles. The van der Waals surface area contributed by atoms with Gasteiger partial charge in [0.2, 0.25) is 0 Å². The van der Waals surface area contributed by atoms with E-state index in [1.165, 1.54) is 44.1 Å². The molecule has 0 spiro atoms. The largest absolute Gasteiger partial charge is 0.490 e. The molecule has 1 aromatic carbocycles. The van der Waals surface area contributed by atoms with Crippen LogP contribution >= 0.6 is 0 Å². The van der Waals surface area contributed by atoms with Gasteiger partial charge in [0.25, 0.3) is 0 Å². The number of nitrogens with one attached hydrogen (secondary N) is 1. The number of benzene rings is 1. The zero-order valence-electron chi connectivity index (χ0n) is 13.0. The van der Waals surface area contributed by atoms with Gasteiger partial charge in [-0.2, -0.15) is 0 Å². The summed E-state index contributed by atoms with van der Waals surface area (Å²) in [6.07, 6.45) is 8.19. The van der Waals surface area contributed by atoms with E-state index in [4.69, 9.17) is 9.47 Å². The maximum Gasteiger partial charge on any atom is 0.124 e. The van der Waals surface area contributed by atoms with Crippen LogP contribution in [0.2, 0.25) is 0 Å². The van der Waals surface area contributed by atoms with Crippen molar-refractivity contribution in [3.05, 3.63) is 29.8 Å². The molecule has 0 aromatic heterocycles. The fourth-order valence-corrected chi connectivity index (χ4v) is 3.35. The van der Waals surface area contributed by atoms with E-state index in [0.717, 1.165) is 18.9 Å². The van der Waals surface area contributed by atoms with E-state index in [1.54, 1.807) is 0 Å². The summed E-state index contributed by atoms with van der Waals surface area (Å²) in [7, 11) is 0. The van der Waals surface area contributed by atoms with Gasteiger partial charge in [0, 0.05) is 24.8 Å². The minimum atomic E-state index is 0.298. The molecule has 3 heteroatoms. The van der Waals surface area contributed by atoms with Crippen molar-refractivity contribution in [3.63, 3.8) is 0 Å². The number of hydrogen-bond acceptors (Lipinski definition) is 3. The first-order valence-corrected chi connectivity index (χ1v) is 8.43. The summed E-state index contributed by atoms with van der Waals surface area (Å²) in [6.45, 7) is 4.06. The van der Waals surface area contributed by atoms with Crippen molar-refractivity contribution in [3.8, 4) is 5.75 Å².